The molecule has 1 aromatic rings. The van der Waals surface area contributed by atoms with Crippen molar-refractivity contribution in [3.8, 4) is 0 Å². The highest BCUT2D eigenvalue weighted by Gasteiger charge is 2.46. The van der Waals surface area contributed by atoms with Gasteiger partial charge in [0.25, 0.3) is 0 Å². The zero-order valence-electron chi connectivity index (χ0n) is 10.7. The van der Waals surface area contributed by atoms with Gasteiger partial charge in [-0.25, -0.2) is 0 Å². The van der Waals surface area contributed by atoms with E-state index in [1.54, 1.807) is 0 Å². The molecule has 4 saturated heterocycles. The normalized spacial score (nSPS) is 37.3. The van der Waals surface area contributed by atoms with Crippen LogP contribution in [0.15, 0.2) is 18.2 Å². The van der Waals surface area contributed by atoms with Crippen molar-refractivity contribution in [3.63, 3.8) is 0 Å². The van der Waals surface area contributed by atoms with Crippen molar-refractivity contribution < 1.29 is 0 Å². The lowest BCUT2D eigenvalue weighted by Gasteiger charge is -2.58. The van der Waals surface area contributed by atoms with Gasteiger partial charge < -0.3 is 10.2 Å². The molecule has 0 aromatic heterocycles. The monoisotopic (exact) mass is 262 g/mol. The Bertz CT molecular complexity index is 457. The second kappa shape index (κ2) is 3.88. The maximum absolute atomic E-state index is 6.29. The van der Waals surface area contributed by atoms with Crippen molar-refractivity contribution in [3.05, 3.63) is 28.8 Å². The molecule has 1 aromatic carbocycles. The summed E-state index contributed by atoms with van der Waals surface area (Å²) in [5.41, 5.74) is 2.51. The minimum Gasteiger partial charge on any atom is -0.365 e. The molecule has 0 spiro atoms. The highest BCUT2D eigenvalue weighted by Crippen LogP contribution is 2.42. The van der Waals surface area contributed by atoms with E-state index in [-0.39, 0.29) is 0 Å². The average molecular weight is 263 g/mol. The van der Waals surface area contributed by atoms with E-state index in [0.717, 1.165) is 29.2 Å². The fourth-order valence-corrected chi connectivity index (χ4v) is 4.40. The predicted octanol–water partition coefficient (Wildman–Crippen LogP) is 3.12. The van der Waals surface area contributed by atoms with Crippen LogP contribution in [0.5, 0.6) is 0 Å². The zero-order valence-corrected chi connectivity index (χ0v) is 11.5. The second-order valence-corrected chi connectivity index (χ2v) is 6.56. The molecule has 2 nitrogen and oxygen atoms in total. The third-order valence-electron chi connectivity index (χ3n) is 4.94. The maximum atomic E-state index is 6.29. The van der Waals surface area contributed by atoms with Gasteiger partial charge in [-0.1, -0.05) is 17.7 Å². The topological polar surface area (TPSA) is 15.3 Å². The van der Waals surface area contributed by atoms with Crippen molar-refractivity contribution in [1.29, 1.82) is 0 Å². The van der Waals surface area contributed by atoms with E-state index in [1.165, 1.54) is 36.9 Å². The number of nitrogens with one attached hydrogen (secondary N) is 1. The number of piperidine rings is 4. The van der Waals surface area contributed by atoms with E-state index >= 15 is 0 Å². The molecule has 18 heavy (non-hydrogen) atoms. The van der Waals surface area contributed by atoms with Crippen LogP contribution in [-0.2, 0) is 0 Å². The summed E-state index contributed by atoms with van der Waals surface area (Å²) < 4.78 is 0. The second-order valence-electron chi connectivity index (χ2n) is 6.15. The molecule has 4 aliphatic rings. The molecule has 0 atom stereocenters. The van der Waals surface area contributed by atoms with Gasteiger partial charge in [-0.05, 0) is 50.3 Å². The van der Waals surface area contributed by atoms with Crippen LogP contribution in [-0.4, -0.2) is 24.2 Å². The Hall–Kier alpha value is -0.730. The SMILES string of the molecule is Cc1ccc(N2C3CC4CC2CC(C3)N4)cc1Cl. The molecular weight excluding hydrogens is 244 g/mol. The predicted molar refractivity (Wildman–Crippen MR) is 75.4 cm³/mol. The summed E-state index contributed by atoms with van der Waals surface area (Å²) in [6.07, 6.45) is 5.22. The number of benzene rings is 1. The number of nitrogens with zero attached hydrogens (tertiary/aromatic N) is 1. The van der Waals surface area contributed by atoms with Gasteiger partial charge in [0, 0.05) is 34.9 Å². The number of halogens is 1. The standard InChI is InChI=1S/C15H19ClN2/c1-9-2-3-12(8-15(9)16)18-13-4-10-5-14(18)7-11(6-13)17-10/h2-3,8,10-11,13-14,17H,4-7H2,1H3. The van der Waals surface area contributed by atoms with E-state index in [1.807, 2.05) is 0 Å². The van der Waals surface area contributed by atoms with Crippen LogP contribution in [0.1, 0.15) is 31.2 Å². The zero-order chi connectivity index (χ0) is 12.3. The molecule has 1 N–H and O–H groups in total. The van der Waals surface area contributed by atoms with Crippen LogP contribution < -0.4 is 10.2 Å². The van der Waals surface area contributed by atoms with Crippen molar-refractivity contribution >= 4 is 17.3 Å². The molecule has 0 unspecified atom stereocenters. The van der Waals surface area contributed by atoms with Crippen LogP contribution in [0.4, 0.5) is 5.69 Å². The molecule has 4 heterocycles. The Morgan fingerprint density at radius 2 is 1.72 bits per heavy atom. The molecule has 4 bridgehead atoms. The summed E-state index contributed by atoms with van der Waals surface area (Å²) in [5, 5.41) is 4.66. The first-order valence-corrected chi connectivity index (χ1v) is 7.39. The third-order valence-corrected chi connectivity index (χ3v) is 5.35. The summed E-state index contributed by atoms with van der Waals surface area (Å²) in [6, 6.07) is 9.55. The van der Waals surface area contributed by atoms with Crippen LogP contribution in [0.25, 0.3) is 0 Å². The molecule has 3 heteroatoms. The van der Waals surface area contributed by atoms with Gasteiger partial charge >= 0.3 is 0 Å². The molecular formula is C15H19ClN2. The van der Waals surface area contributed by atoms with E-state index in [0.29, 0.717) is 0 Å². The number of rotatable bonds is 1. The Morgan fingerprint density at radius 3 is 2.28 bits per heavy atom. The lowest BCUT2D eigenvalue weighted by atomic mass is 9.74. The van der Waals surface area contributed by atoms with Gasteiger partial charge in [-0.3, -0.25) is 0 Å². The molecule has 0 radical (unpaired) electrons. The number of anilines is 1. The average Bonchev–Trinajstić information content (AvgIpc) is 2.32. The Labute approximate surface area is 113 Å². The fraction of sp³-hybridized carbons (Fsp3) is 0.600. The molecule has 4 fully saturated rings. The van der Waals surface area contributed by atoms with E-state index < -0.39 is 0 Å². The highest BCUT2D eigenvalue weighted by molar-refractivity contribution is 6.31. The van der Waals surface area contributed by atoms with E-state index in [9.17, 15) is 0 Å². The van der Waals surface area contributed by atoms with Crippen molar-refractivity contribution in [1.82, 2.24) is 5.32 Å². The van der Waals surface area contributed by atoms with Crippen LogP contribution in [0.2, 0.25) is 5.02 Å². The van der Waals surface area contributed by atoms with Crippen LogP contribution in [0, 0.1) is 6.92 Å². The molecule has 0 aliphatic carbocycles. The van der Waals surface area contributed by atoms with Gasteiger partial charge in [-0.2, -0.15) is 0 Å². The van der Waals surface area contributed by atoms with Gasteiger partial charge in [0.1, 0.15) is 0 Å². The molecule has 96 valence electrons. The summed E-state index contributed by atoms with van der Waals surface area (Å²) in [5.74, 6) is 0. The van der Waals surface area contributed by atoms with Crippen molar-refractivity contribution in [2.24, 2.45) is 0 Å². The van der Waals surface area contributed by atoms with Gasteiger partial charge in [0.15, 0.2) is 0 Å². The van der Waals surface area contributed by atoms with Gasteiger partial charge in [0.2, 0.25) is 0 Å². The first-order chi connectivity index (χ1) is 8.70. The summed E-state index contributed by atoms with van der Waals surface area (Å²) in [6.45, 7) is 2.07. The minimum absolute atomic E-state index is 0.729. The molecule has 0 amide bonds. The summed E-state index contributed by atoms with van der Waals surface area (Å²) in [7, 11) is 0. The van der Waals surface area contributed by atoms with Gasteiger partial charge in [0.05, 0.1) is 0 Å². The molecule has 0 saturated carbocycles. The molecule has 4 aliphatic heterocycles. The lowest BCUT2D eigenvalue weighted by molar-refractivity contribution is 0.135. The fourth-order valence-electron chi connectivity index (χ4n) is 4.22. The van der Waals surface area contributed by atoms with E-state index in [2.05, 4.69) is 35.3 Å². The Morgan fingerprint density at radius 1 is 1.11 bits per heavy atom. The third kappa shape index (κ3) is 1.59. The Balaban J connectivity index is 1.70. The minimum atomic E-state index is 0.729. The first-order valence-electron chi connectivity index (χ1n) is 7.01. The van der Waals surface area contributed by atoms with Crippen molar-refractivity contribution in [2.75, 3.05) is 4.90 Å². The summed E-state index contributed by atoms with van der Waals surface area (Å²) >= 11 is 6.29. The quantitative estimate of drug-likeness (QED) is 0.837. The number of hydrogen-bond donors (Lipinski definition) is 1. The largest absolute Gasteiger partial charge is 0.365 e. The van der Waals surface area contributed by atoms with Crippen molar-refractivity contribution in [2.45, 2.75) is 56.8 Å². The smallest absolute Gasteiger partial charge is 0.0455 e. The van der Waals surface area contributed by atoms with Crippen LogP contribution >= 0.6 is 11.6 Å². The first kappa shape index (κ1) is 11.1. The van der Waals surface area contributed by atoms with Gasteiger partial charge in [-0.15, -0.1) is 0 Å². The van der Waals surface area contributed by atoms with Crippen LogP contribution in [0.3, 0.4) is 0 Å². The lowest BCUT2D eigenvalue weighted by Crippen LogP contribution is -2.67. The highest BCUT2D eigenvalue weighted by atomic mass is 35.5. The number of aryl methyl sites for hydroxylation is 1. The Kier molecular flexibility index (Phi) is 2.40. The maximum Gasteiger partial charge on any atom is 0.0455 e. The van der Waals surface area contributed by atoms with E-state index in [4.69, 9.17) is 11.6 Å². The number of hydrogen-bond acceptors (Lipinski definition) is 2. The molecule has 5 rings (SSSR count). The summed E-state index contributed by atoms with van der Waals surface area (Å²) in [4.78, 5) is 2.65.